The Morgan fingerprint density at radius 3 is 3.00 bits per heavy atom. The Morgan fingerprint density at radius 1 is 1.38 bits per heavy atom. The molecule has 2 atom stereocenters. The molecule has 2 heterocycles. The molecule has 0 aromatic carbocycles. The molecule has 13 heavy (non-hydrogen) atoms. The molecule has 0 bridgehead atoms. The minimum atomic E-state index is 0.327. The number of nitrogens with two attached hydrogens (primary N) is 1. The van der Waals surface area contributed by atoms with Crippen LogP contribution in [0.25, 0.3) is 0 Å². The van der Waals surface area contributed by atoms with Gasteiger partial charge in [-0.15, -0.1) is 0 Å². The Hall–Kier alpha value is -0.120. The molecule has 0 unspecified atom stereocenters. The Labute approximate surface area is 80.9 Å². The lowest BCUT2D eigenvalue weighted by Gasteiger charge is -2.38. The van der Waals surface area contributed by atoms with Gasteiger partial charge in [-0.05, 0) is 26.3 Å². The third-order valence-electron chi connectivity index (χ3n) is 3.22. The van der Waals surface area contributed by atoms with Crippen molar-refractivity contribution in [2.45, 2.75) is 31.8 Å². The van der Waals surface area contributed by atoms with E-state index in [1.54, 1.807) is 0 Å². The molecule has 0 aliphatic carbocycles. The number of piperazine rings is 1. The van der Waals surface area contributed by atoms with E-state index < -0.39 is 0 Å². The first kappa shape index (κ1) is 9.44. The molecule has 2 rings (SSSR count). The Balaban J connectivity index is 1.83. The highest BCUT2D eigenvalue weighted by Gasteiger charge is 2.30. The van der Waals surface area contributed by atoms with Crippen molar-refractivity contribution in [3.63, 3.8) is 0 Å². The lowest BCUT2D eigenvalue weighted by atomic mass is 10.1. The maximum Gasteiger partial charge on any atom is 0.0224 e. The van der Waals surface area contributed by atoms with Crippen molar-refractivity contribution in [3.05, 3.63) is 0 Å². The maximum atomic E-state index is 5.81. The highest BCUT2D eigenvalue weighted by Crippen LogP contribution is 2.21. The van der Waals surface area contributed by atoms with E-state index in [2.05, 4.69) is 16.7 Å². The second kappa shape index (κ2) is 3.95. The number of rotatable bonds is 2. The summed E-state index contributed by atoms with van der Waals surface area (Å²) in [7, 11) is 0. The van der Waals surface area contributed by atoms with Gasteiger partial charge in [0.05, 0.1) is 0 Å². The zero-order chi connectivity index (χ0) is 9.26. The number of hydrogen-bond acceptors (Lipinski definition) is 3. The van der Waals surface area contributed by atoms with Gasteiger partial charge < -0.3 is 5.73 Å². The monoisotopic (exact) mass is 183 g/mol. The van der Waals surface area contributed by atoms with Crippen LogP contribution in [0.4, 0.5) is 0 Å². The zero-order valence-corrected chi connectivity index (χ0v) is 8.58. The normalized spacial score (nSPS) is 33.2. The first-order valence-electron chi connectivity index (χ1n) is 5.47. The topological polar surface area (TPSA) is 32.5 Å². The minimum Gasteiger partial charge on any atom is -0.327 e. The second-order valence-electron chi connectivity index (χ2n) is 4.57. The fraction of sp³-hybridized carbons (Fsp3) is 1.00. The summed E-state index contributed by atoms with van der Waals surface area (Å²) in [4.78, 5) is 5.16. The molecule has 2 fully saturated rings. The molecule has 0 amide bonds. The zero-order valence-electron chi connectivity index (χ0n) is 8.58. The van der Waals surface area contributed by atoms with Crippen LogP contribution in [0, 0.1) is 0 Å². The van der Waals surface area contributed by atoms with Gasteiger partial charge in [0.1, 0.15) is 0 Å². The van der Waals surface area contributed by atoms with Gasteiger partial charge >= 0.3 is 0 Å². The first-order chi connectivity index (χ1) is 6.25. The van der Waals surface area contributed by atoms with Gasteiger partial charge in [-0.2, -0.15) is 0 Å². The van der Waals surface area contributed by atoms with Gasteiger partial charge in [0.2, 0.25) is 0 Å². The predicted molar refractivity (Wildman–Crippen MR) is 54.7 cm³/mol. The van der Waals surface area contributed by atoms with E-state index >= 15 is 0 Å². The van der Waals surface area contributed by atoms with Crippen molar-refractivity contribution in [1.29, 1.82) is 0 Å². The molecule has 0 aromatic heterocycles. The van der Waals surface area contributed by atoms with E-state index in [1.807, 2.05) is 0 Å². The van der Waals surface area contributed by atoms with Gasteiger partial charge in [-0.1, -0.05) is 0 Å². The molecule has 0 saturated carbocycles. The van der Waals surface area contributed by atoms with Crippen LogP contribution in [-0.4, -0.2) is 54.6 Å². The molecule has 3 nitrogen and oxygen atoms in total. The largest absolute Gasteiger partial charge is 0.327 e. The van der Waals surface area contributed by atoms with Crippen molar-refractivity contribution < 1.29 is 0 Å². The third-order valence-corrected chi connectivity index (χ3v) is 3.22. The quantitative estimate of drug-likeness (QED) is 0.660. The van der Waals surface area contributed by atoms with E-state index in [1.165, 1.54) is 39.0 Å². The fourth-order valence-electron chi connectivity index (χ4n) is 2.63. The highest BCUT2D eigenvalue weighted by molar-refractivity contribution is 4.87. The average Bonchev–Trinajstić information content (AvgIpc) is 2.49. The smallest absolute Gasteiger partial charge is 0.0224 e. The number of nitrogens with zero attached hydrogens (tertiary/aromatic N) is 2. The molecule has 3 heteroatoms. The summed E-state index contributed by atoms with van der Waals surface area (Å²) in [5.41, 5.74) is 5.81. The van der Waals surface area contributed by atoms with Gasteiger partial charge in [-0.25, -0.2) is 0 Å². The van der Waals surface area contributed by atoms with Crippen molar-refractivity contribution in [3.8, 4) is 0 Å². The average molecular weight is 183 g/mol. The molecular weight excluding hydrogens is 162 g/mol. The van der Waals surface area contributed by atoms with Crippen molar-refractivity contribution >= 4 is 0 Å². The van der Waals surface area contributed by atoms with Crippen LogP contribution < -0.4 is 5.73 Å². The molecule has 0 aromatic rings. The lowest BCUT2D eigenvalue weighted by Crippen LogP contribution is -2.52. The van der Waals surface area contributed by atoms with Crippen LogP contribution >= 0.6 is 0 Å². The predicted octanol–water partition coefficient (Wildman–Crippen LogP) is 0.114. The summed E-state index contributed by atoms with van der Waals surface area (Å²) in [6.45, 7) is 8.24. The molecule has 2 saturated heterocycles. The molecule has 2 aliphatic heterocycles. The van der Waals surface area contributed by atoms with Gasteiger partial charge in [0.25, 0.3) is 0 Å². The summed E-state index contributed by atoms with van der Waals surface area (Å²) in [5, 5.41) is 0. The standard InChI is InChI=1S/C10H21N3/c1-9(11)7-12-5-6-13-4-2-3-10(13)8-12/h9-10H,2-8,11H2,1H3/t9-,10-/m0/s1. The molecule has 2 aliphatic rings. The summed E-state index contributed by atoms with van der Waals surface area (Å²) < 4.78 is 0. The minimum absolute atomic E-state index is 0.327. The van der Waals surface area contributed by atoms with Crippen molar-refractivity contribution in [2.75, 3.05) is 32.7 Å². The first-order valence-corrected chi connectivity index (χ1v) is 5.47. The third kappa shape index (κ3) is 2.22. The molecule has 2 N–H and O–H groups in total. The van der Waals surface area contributed by atoms with E-state index in [-0.39, 0.29) is 0 Å². The Morgan fingerprint density at radius 2 is 2.23 bits per heavy atom. The molecule has 0 spiro atoms. The number of fused-ring (bicyclic) bond motifs is 1. The van der Waals surface area contributed by atoms with Crippen LogP contribution in [0.1, 0.15) is 19.8 Å². The lowest BCUT2D eigenvalue weighted by molar-refractivity contribution is 0.101. The Kier molecular flexibility index (Phi) is 2.86. The molecule has 76 valence electrons. The summed E-state index contributed by atoms with van der Waals surface area (Å²) in [6.07, 6.45) is 2.80. The van der Waals surface area contributed by atoms with E-state index in [0.29, 0.717) is 6.04 Å². The van der Waals surface area contributed by atoms with E-state index in [9.17, 15) is 0 Å². The summed E-state index contributed by atoms with van der Waals surface area (Å²) >= 11 is 0. The van der Waals surface area contributed by atoms with Crippen molar-refractivity contribution in [1.82, 2.24) is 9.80 Å². The SMILES string of the molecule is C[C@H](N)CN1CCN2CCC[C@H]2C1. The second-order valence-corrected chi connectivity index (χ2v) is 4.57. The van der Waals surface area contributed by atoms with Gasteiger partial charge in [0, 0.05) is 38.3 Å². The highest BCUT2D eigenvalue weighted by atomic mass is 15.3. The van der Waals surface area contributed by atoms with Crippen molar-refractivity contribution in [2.24, 2.45) is 5.73 Å². The van der Waals surface area contributed by atoms with Gasteiger partial charge in [-0.3, -0.25) is 9.80 Å². The Bertz CT molecular complexity index is 170. The fourth-order valence-corrected chi connectivity index (χ4v) is 2.63. The van der Waals surface area contributed by atoms with Crippen LogP contribution in [0.5, 0.6) is 0 Å². The van der Waals surface area contributed by atoms with Gasteiger partial charge in [0.15, 0.2) is 0 Å². The van der Waals surface area contributed by atoms with Crippen LogP contribution in [-0.2, 0) is 0 Å². The van der Waals surface area contributed by atoms with E-state index in [0.717, 1.165) is 12.6 Å². The van der Waals surface area contributed by atoms with Crippen LogP contribution in [0.3, 0.4) is 0 Å². The molecule has 0 radical (unpaired) electrons. The van der Waals surface area contributed by atoms with E-state index in [4.69, 9.17) is 5.73 Å². The number of hydrogen-bond donors (Lipinski definition) is 1. The van der Waals surface area contributed by atoms with Crippen LogP contribution in [0.2, 0.25) is 0 Å². The summed E-state index contributed by atoms with van der Waals surface area (Å²) in [5.74, 6) is 0. The maximum absolute atomic E-state index is 5.81. The summed E-state index contributed by atoms with van der Waals surface area (Å²) in [6, 6.07) is 1.17. The van der Waals surface area contributed by atoms with Crippen LogP contribution in [0.15, 0.2) is 0 Å². The molecular formula is C10H21N3.